The lowest BCUT2D eigenvalue weighted by molar-refractivity contribution is -0.144. The monoisotopic (exact) mass is 1330 g/mol. The van der Waals surface area contributed by atoms with Crippen LogP contribution in [0.15, 0.2) is 82.6 Å². The molecule has 0 spiro atoms. The van der Waals surface area contributed by atoms with Gasteiger partial charge >= 0.3 is 17.9 Å². The van der Waals surface area contributed by atoms with Gasteiger partial charge in [-0.2, -0.15) is 0 Å². The topological polar surface area (TPSA) is 202 Å². The molecule has 2 unspecified atom stereocenters. The van der Waals surface area contributed by atoms with Gasteiger partial charge in [0.15, 0.2) is 5.78 Å². The minimum atomic E-state index is -0.951. The lowest BCUT2D eigenvalue weighted by atomic mass is 9.83. The lowest BCUT2D eigenvalue weighted by Gasteiger charge is -2.26. The summed E-state index contributed by atoms with van der Waals surface area (Å²) in [5.41, 5.74) is 18.4. The van der Waals surface area contributed by atoms with Gasteiger partial charge in [-0.3, -0.25) is 28.7 Å². The Morgan fingerprint density at radius 2 is 0.968 bits per heavy atom. The van der Waals surface area contributed by atoms with Crippen LogP contribution in [-0.2, 0) is 41.5 Å². The SMILES string of the molecule is CCOC(=O)C[C@H](CC(=O)C(CC(C)C)n1cc(CCN(C)C)c(C)cc1=O)c1cc(-c2c(C)ccc(OC)c2C)cc(C)c1F.CCOC(=O)C[C@H](N)c1cc(-c2c(C)ccc(OC)c2C)cc(C)c1F.Cc1cc(=O)n(C(CC(C)C)C(=O)O)cc1CCN(C)C.F.[3H]C. The molecular weight excluding hydrogens is 1220 g/mol. The van der Waals surface area contributed by atoms with Gasteiger partial charge in [0.05, 0.1) is 46.3 Å². The van der Waals surface area contributed by atoms with E-state index in [-0.39, 0.29) is 77.3 Å². The predicted octanol–water partition coefficient (Wildman–Crippen LogP) is 14.4. The van der Waals surface area contributed by atoms with Crippen LogP contribution in [0.25, 0.3) is 22.3 Å². The van der Waals surface area contributed by atoms with Crippen molar-refractivity contribution in [2.24, 2.45) is 17.6 Å². The van der Waals surface area contributed by atoms with Crippen molar-refractivity contribution in [3.05, 3.63) is 172 Å². The van der Waals surface area contributed by atoms with Gasteiger partial charge in [0.1, 0.15) is 29.2 Å². The third kappa shape index (κ3) is 23.2. The number of nitrogens with zero attached hydrogens (tertiary/aromatic N) is 4. The van der Waals surface area contributed by atoms with Gasteiger partial charge in [-0.1, -0.05) is 47.2 Å². The van der Waals surface area contributed by atoms with Crippen LogP contribution in [0.4, 0.5) is 13.5 Å². The molecule has 0 aliphatic rings. The molecule has 4 atom stereocenters. The molecule has 2 aromatic heterocycles. The van der Waals surface area contributed by atoms with Crippen molar-refractivity contribution >= 4 is 23.7 Å². The van der Waals surface area contributed by atoms with Crippen molar-refractivity contribution in [3.8, 4) is 33.8 Å². The Morgan fingerprint density at radius 1 is 0.579 bits per heavy atom. The number of nitrogens with two attached hydrogens (primary N) is 1. The number of carboxylic acid groups (broad SMARTS) is 1. The first kappa shape index (κ1) is 81.4. The number of aromatic nitrogens is 2. The number of hydrogen-bond acceptors (Lipinski definition) is 13. The molecule has 0 amide bonds. The highest BCUT2D eigenvalue weighted by molar-refractivity contribution is 5.85. The number of carbonyl (C=O) groups is 4. The fraction of sp³-hybridized carbons (Fsp3) is 0.500. The first-order valence-corrected chi connectivity index (χ1v) is 32.1. The van der Waals surface area contributed by atoms with Crippen LogP contribution in [-0.4, -0.2) is 116 Å². The van der Waals surface area contributed by atoms with Gasteiger partial charge in [0.25, 0.3) is 11.1 Å². The number of esters is 2. The number of ether oxygens (including phenoxy) is 4. The van der Waals surface area contributed by atoms with E-state index in [1.54, 1.807) is 89.1 Å². The van der Waals surface area contributed by atoms with Crippen molar-refractivity contribution in [1.29, 1.82) is 0 Å². The summed E-state index contributed by atoms with van der Waals surface area (Å²) in [5.74, 6) is -1.94. The van der Waals surface area contributed by atoms with Crippen LogP contribution in [0, 0.1) is 78.9 Å². The van der Waals surface area contributed by atoms with E-state index in [1.165, 1.54) is 12.0 Å². The molecule has 4 aromatic carbocycles. The van der Waals surface area contributed by atoms with Crippen LogP contribution < -0.4 is 26.3 Å². The largest absolute Gasteiger partial charge is 0.496 e. The molecule has 0 fully saturated rings. The molecule has 6 aromatic rings. The highest BCUT2D eigenvalue weighted by Gasteiger charge is 2.31. The highest BCUT2D eigenvalue weighted by Crippen LogP contribution is 2.40. The van der Waals surface area contributed by atoms with Crippen molar-refractivity contribution in [2.75, 3.05) is 68.7 Å². The molecule has 0 bridgehead atoms. The van der Waals surface area contributed by atoms with E-state index in [2.05, 4.69) is 9.80 Å². The van der Waals surface area contributed by atoms with Crippen LogP contribution in [0.1, 0.15) is 173 Å². The number of carboxylic acids is 1. The zero-order chi connectivity index (χ0) is 71.9. The molecule has 0 saturated heterocycles. The number of aliphatic carboxylic acids is 1. The molecule has 0 aliphatic carbocycles. The normalized spacial score (nSPS) is 12.4. The maximum absolute atomic E-state index is 16.1. The van der Waals surface area contributed by atoms with Crippen molar-refractivity contribution in [1.82, 2.24) is 18.9 Å². The molecule has 524 valence electrons. The first-order valence-electron chi connectivity index (χ1n) is 33.1. The van der Waals surface area contributed by atoms with E-state index in [0.717, 1.165) is 98.4 Å². The van der Waals surface area contributed by atoms with Crippen molar-refractivity contribution in [3.63, 3.8) is 0 Å². The fourth-order valence-electron chi connectivity index (χ4n) is 11.7. The van der Waals surface area contributed by atoms with E-state index < -0.39 is 47.8 Å². The third-order valence-electron chi connectivity index (χ3n) is 16.7. The Hall–Kier alpha value is -7.87. The van der Waals surface area contributed by atoms with E-state index >= 15 is 4.39 Å². The lowest BCUT2D eigenvalue weighted by Crippen LogP contribution is -2.32. The van der Waals surface area contributed by atoms with Gasteiger partial charge in [0, 0.05) is 62.9 Å². The number of hydrogen-bond donors (Lipinski definition) is 2. The number of halogens is 3. The minimum absolute atomic E-state index is 0. The van der Waals surface area contributed by atoms with Crippen LogP contribution in [0.2, 0.25) is 0 Å². The summed E-state index contributed by atoms with van der Waals surface area (Å²) in [6.07, 6.45) is 5.59. The summed E-state index contributed by atoms with van der Waals surface area (Å²) < 4.78 is 60.6. The fourth-order valence-corrected chi connectivity index (χ4v) is 11.7. The molecule has 0 saturated carbocycles. The predicted molar refractivity (Wildman–Crippen MR) is 376 cm³/mol. The molecule has 0 aliphatic heterocycles. The Morgan fingerprint density at radius 3 is 1.36 bits per heavy atom. The number of likely N-dealkylation sites (N-methyl/N-ethyl adjacent to an activating group) is 2. The number of rotatable bonds is 28. The molecular formula is C76H108F3N5O11. The molecule has 0 radical (unpaired) electrons. The number of methoxy groups -OCH3 is 2. The number of benzene rings is 4. The highest BCUT2D eigenvalue weighted by atomic mass is 19.1. The van der Waals surface area contributed by atoms with Gasteiger partial charge < -0.3 is 48.7 Å². The van der Waals surface area contributed by atoms with Gasteiger partial charge in [-0.25, -0.2) is 13.6 Å². The molecule has 95 heavy (non-hydrogen) atoms. The quantitative estimate of drug-likeness (QED) is 0.0439. The maximum Gasteiger partial charge on any atom is 0.326 e. The summed E-state index contributed by atoms with van der Waals surface area (Å²) in [7, 11) is 12.5. The first-order chi connectivity index (χ1) is 44.7. The molecule has 2 heterocycles. The zero-order valence-corrected chi connectivity index (χ0v) is 60.2. The summed E-state index contributed by atoms with van der Waals surface area (Å²) in [6.45, 7) is 28.6. The molecule has 16 nitrogen and oxygen atoms in total. The number of pyridine rings is 2. The Balaban J connectivity index is 0.000000529. The second-order valence-corrected chi connectivity index (χ2v) is 25.7. The van der Waals surface area contributed by atoms with Gasteiger partial charge in [0.2, 0.25) is 0 Å². The summed E-state index contributed by atoms with van der Waals surface area (Å²) >= 11 is 0. The summed E-state index contributed by atoms with van der Waals surface area (Å²) in [4.78, 5) is 80.0. The van der Waals surface area contributed by atoms with Gasteiger partial charge in [-0.15, -0.1) is 0 Å². The summed E-state index contributed by atoms with van der Waals surface area (Å²) in [6, 6.07) is 15.6. The van der Waals surface area contributed by atoms with Crippen molar-refractivity contribution in [2.45, 2.75) is 173 Å². The summed E-state index contributed by atoms with van der Waals surface area (Å²) in [5, 5.41) is 9.41. The zero-order valence-electron chi connectivity index (χ0n) is 61.2. The maximum atomic E-state index is 16.1. The van der Waals surface area contributed by atoms with E-state index in [4.69, 9.17) is 26.1 Å². The minimum Gasteiger partial charge on any atom is -0.496 e. The van der Waals surface area contributed by atoms with Crippen LogP contribution in [0.5, 0.6) is 11.5 Å². The molecule has 6 rings (SSSR count). The Labute approximate surface area is 563 Å². The average molecular weight is 1330 g/mol. The van der Waals surface area contributed by atoms with E-state index in [1.807, 2.05) is 128 Å². The standard InChI is InChI=1S/C38H51FN2O5.C21H26FNO3.C16H26N2O3.CH4.FH/c1-11-46-36(44)21-29(31-19-30(17-26(6)38(31)39)37-24(4)12-13-34(45-10)27(37)7)20-33(42)32(16-23(2)3)41-22-28(14-15-40(8)9)25(5)18-35(41)43;1-6-26-19(24)11-17(23)16-10-15(9-13(3)21(16)22)20-12(2)7-8-18(25-5)14(20)4;1-11(2)8-14(16(20)21)18-10-13(6-7-17(4)5)12(3)9-15(18)19;;/h12-13,17-19,22-23,29,32H,11,14-16,20-21H2,1-10H3;7-10,17H,6,11,23H2,1-5H3;9-11,14H,6-8H2,1-5H3,(H,20,21);1H4;1H/t29-,32?;17-;;;/m00.../s1/i;;;1T;. The number of ketones is 1. The van der Waals surface area contributed by atoms with E-state index in [0.29, 0.717) is 35.3 Å². The Bertz CT molecular complexity index is 3690. The van der Waals surface area contributed by atoms with Crippen LogP contribution >= 0.6 is 0 Å². The number of carbonyl (C=O) groups excluding carboxylic acids is 3. The number of aryl methyl sites for hydroxylation is 6. The van der Waals surface area contributed by atoms with Gasteiger partial charge in [-0.05, 0) is 255 Å². The average Bonchev–Trinajstić information content (AvgIpc) is 0.794. The number of Topliss-reactive ketones (excluding diaryl/α,β-unsaturated/α-hetero) is 1. The second kappa shape index (κ2) is 38.6. The van der Waals surface area contributed by atoms with Crippen LogP contribution in [0.3, 0.4) is 0 Å². The third-order valence-corrected chi connectivity index (χ3v) is 16.7. The smallest absolute Gasteiger partial charge is 0.326 e. The van der Waals surface area contributed by atoms with E-state index in [9.17, 15) is 38.3 Å². The second-order valence-electron chi connectivity index (χ2n) is 25.7. The van der Waals surface area contributed by atoms with Crippen molar-refractivity contribution < 1.29 is 58.1 Å². The molecule has 3 N–H and O–H groups in total. The Kier molecular flexibility index (Phi) is 33.1. The molecule has 19 heteroatoms.